The number of likely N-dealkylation sites (tertiary alicyclic amines) is 1. The van der Waals surface area contributed by atoms with Gasteiger partial charge in [0, 0.05) is 23.9 Å². The Kier molecular flexibility index (Phi) is 4.87. The fourth-order valence-electron chi connectivity index (χ4n) is 4.27. The quantitative estimate of drug-likeness (QED) is 0.344. The standard InChI is InChI=1S/C22H22N4OS2/c1-13-7-14(2)10-26(9-13)18(27)11-28-22-20-19(23-12-24-22)16-8-15-5-3-4-6-17(15)25-21(16)29-20/h3-6,8,12-14H,7,9-11H2,1-2H3. The van der Waals surface area contributed by atoms with Gasteiger partial charge in [0.1, 0.15) is 16.2 Å². The van der Waals surface area contributed by atoms with Gasteiger partial charge in [0.15, 0.2) is 0 Å². The molecule has 5 rings (SSSR count). The second kappa shape index (κ2) is 7.54. The predicted octanol–water partition coefficient (Wildman–Crippen LogP) is 4.99. The molecule has 5 nitrogen and oxygen atoms in total. The van der Waals surface area contributed by atoms with E-state index in [0.29, 0.717) is 17.6 Å². The molecule has 2 unspecified atom stereocenters. The van der Waals surface area contributed by atoms with Crippen molar-refractivity contribution >= 4 is 60.3 Å². The predicted molar refractivity (Wildman–Crippen MR) is 120 cm³/mol. The highest BCUT2D eigenvalue weighted by atomic mass is 32.2. The number of pyridine rings is 1. The van der Waals surface area contributed by atoms with Crippen LogP contribution in [0.25, 0.3) is 31.3 Å². The van der Waals surface area contributed by atoms with Gasteiger partial charge in [-0.05, 0) is 30.4 Å². The van der Waals surface area contributed by atoms with E-state index in [4.69, 9.17) is 4.98 Å². The zero-order valence-corrected chi connectivity index (χ0v) is 18.1. The van der Waals surface area contributed by atoms with Crippen molar-refractivity contribution in [1.29, 1.82) is 0 Å². The van der Waals surface area contributed by atoms with E-state index >= 15 is 0 Å². The van der Waals surface area contributed by atoms with Crippen LogP contribution in [0.5, 0.6) is 0 Å². The van der Waals surface area contributed by atoms with E-state index in [1.807, 2.05) is 23.1 Å². The summed E-state index contributed by atoms with van der Waals surface area (Å²) in [5.41, 5.74) is 1.91. The Bertz CT molecular complexity index is 1210. The molecule has 1 aliphatic rings. The van der Waals surface area contributed by atoms with Crippen LogP contribution in [0.4, 0.5) is 0 Å². The minimum atomic E-state index is 0.199. The minimum absolute atomic E-state index is 0.199. The second-order valence-corrected chi connectivity index (χ2v) is 9.99. The lowest BCUT2D eigenvalue weighted by Crippen LogP contribution is -2.43. The van der Waals surface area contributed by atoms with Gasteiger partial charge in [-0.25, -0.2) is 15.0 Å². The number of hydrogen-bond donors (Lipinski definition) is 0. The van der Waals surface area contributed by atoms with E-state index < -0.39 is 0 Å². The number of carbonyl (C=O) groups excluding carboxylic acids is 1. The Hall–Kier alpha value is -2.25. The third kappa shape index (κ3) is 3.57. The molecule has 2 atom stereocenters. The van der Waals surface area contributed by atoms with Crippen LogP contribution in [0.2, 0.25) is 0 Å². The van der Waals surface area contributed by atoms with E-state index in [2.05, 4.69) is 35.9 Å². The van der Waals surface area contributed by atoms with Crippen molar-refractivity contribution in [2.45, 2.75) is 25.3 Å². The zero-order valence-electron chi connectivity index (χ0n) is 16.5. The molecule has 1 aromatic carbocycles. The molecule has 1 fully saturated rings. The third-order valence-corrected chi connectivity index (χ3v) is 7.67. The van der Waals surface area contributed by atoms with Crippen molar-refractivity contribution in [3.63, 3.8) is 0 Å². The normalized spacial score (nSPS) is 20.0. The fraction of sp³-hybridized carbons (Fsp3) is 0.364. The maximum absolute atomic E-state index is 12.8. The molecule has 7 heteroatoms. The lowest BCUT2D eigenvalue weighted by atomic mass is 9.92. The molecular formula is C22H22N4OS2. The molecule has 29 heavy (non-hydrogen) atoms. The van der Waals surface area contributed by atoms with Crippen LogP contribution in [-0.4, -0.2) is 44.6 Å². The molecule has 3 aromatic heterocycles. The van der Waals surface area contributed by atoms with Gasteiger partial charge in [-0.15, -0.1) is 11.3 Å². The lowest BCUT2D eigenvalue weighted by molar-refractivity contribution is -0.130. The number of nitrogens with zero attached hydrogens (tertiary/aromatic N) is 4. The molecule has 0 spiro atoms. The van der Waals surface area contributed by atoms with Crippen molar-refractivity contribution in [2.24, 2.45) is 11.8 Å². The lowest BCUT2D eigenvalue weighted by Gasteiger charge is -2.35. The van der Waals surface area contributed by atoms with Crippen LogP contribution in [0.3, 0.4) is 0 Å². The summed E-state index contributed by atoms with van der Waals surface area (Å²) in [6, 6.07) is 10.3. The van der Waals surface area contributed by atoms with Crippen LogP contribution >= 0.6 is 23.1 Å². The summed E-state index contributed by atoms with van der Waals surface area (Å²) in [7, 11) is 0. The number of rotatable bonds is 3. The van der Waals surface area contributed by atoms with Gasteiger partial charge >= 0.3 is 0 Å². The molecule has 0 bridgehead atoms. The molecule has 1 aliphatic heterocycles. The molecule has 0 radical (unpaired) electrons. The summed E-state index contributed by atoms with van der Waals surface area (Å²) in [5.74, 6) is 1.75. The number of piperidine rings is 1. The van der Waals surface area contributed by atoms with Crippen LogP contribution < -0.4 is 0 Å². The summed E-state index contributed by atoms with van der Waals surface area (Å²) in [6.07, 6.45) is 2.80. The number of thiophene rings is 1. The Morgan fingerprint density at radius 1 is 1.21 bits per heavy atom. The number of fused-ring (bicyclic) bond motifs is 4. The average molecular weight is 423 g/mol. The number of para-hydroxylation sites is 1. The first-order valence-corrected chi connectivity index (χ1v) is 11.7. The summed E-state index contributed by atoms with van der Waals surface area (Å²) in [4.78, 5) is 29.6. The molecule has 0 aliphatic carbocycles. The molecule has 1 saturated heterocycles. The summed E-state index contributed by atoms with van der Waals surface area (Å²) >= 11 is 3.12. The van der Waals surface area contributed by atoms with Crippen molar-refractivity contribution < 1.29 is 4.79 Å². The van der Waals surface area contributed by atoms with E-state index in [0.717, 1.165) is 49.5 Å². The maximum atomic E-state index is 12.8. The van der Waals surface area contributed by atoms with Gasteiger partial charge in [-0.3, -0.25) is 4.79 Å². The van der Waals surface area contributed by atoms with Crippen LogP contribution in [0.15, 0.2) is 41.7 Å². The molecular weight excluding hydrogens is 400 g/mol. The Labute approximate surface area is 177 Å². The molecule has 148 valence electrons. The smallest absolute Gasteiger partial charge is 0.233 e. The molecule has 1 amide bonds. The Balaban J connectivity index is 1.44. The van der Waals surface area contributed by atoms with E-state index in [9.17, 15) is 4.79 Å². The first-order valence-electron chi connectivity index (χ1n) is 9.92. The summed E-state index contributed by atoms with van der Waals surface area (Å²) < 4.78 is 1.02. The largest absolute Gasteiger partial charge is 0.341 e. The Morgan fingerprint density at radius 3 is 2.83 bits per heavy atom. The van der Waals surface area contributed by atoms with Crippen LogP contribution in [-0.2, 0) is 4.79 Å². The molecule has 0 N–H and O–H groups in total. The van der Waals surface area contributed by atoms with Gasteiger partial charge in [-0.2, -0.15) is 0 Å². The molecule has 0 saturated carbocycles. The Morgan fingerprint density at radius 2 is 2.00 bits per heavy atom. The second-order valence-electron chi connectivity index (χ2n) is 8.03. The first-order chi connectivity index (χ1) is 14.1. The molecule has 4 heterocycles. The highest BCUT2D eigenvalue weighted by molar-refractivity contribution is 8.00. The number of benzene rings is 1. The van der Waals surface area contributed by atoms with Crippen molar-refractivity contribution in [2.75, 3.05) is 18.8 Å². The number of hydrogen-bond acceptors (Lipinski definition) is 6. The highest BCUT2D eigenvalue weighted by Gasteiger charge is 2.25. The van der Waals surface area contributed by atoms with Gasteiger partial charge < -0.3 is 4.90 Å². The van der Waals surface area contributed by atoms with Crippen molar-refractivity contribution in [3.05, 3.63) is 36.7 Å². The van der Waals surface area contributed by atoms with Crippen molar-refractivity contribution in [1.82, 2.24) is 19.9 Å². The minimum Gasteiger partial charge on any atom is -0.341 e. The zero-order chi connectivity index (χ0) is 20.0. The summed E-state index contributed by atoms with van der Waals surface area (Å²) in [5, 5.41) is 3.03. The average Bonchev–Trinajstić information content (AvgIpc) is 3.07. The number of carbonyl (C=O) groups is 1. The maximum Gasteiger partial charge on any atom is 0.233 e. The summed E-state index contributed by atoms with van der Waals surface area (Å²) in [6.45, 7) is 6.18. The van der Waals surface area contributed by atoms with Gasteiger partial charge in [-0.1, -0.05) is 43.8 Å². The van der Waals surface area contributed by atoms with Gasteiger partial charge in [0.2, 0.25) is 5.91 Å². The van der Waals surface area contributed by atoms with E-state index in [1.165, 1.54) is 18.2 Å². The SMILES string of the molecule is CC1CC(C)CN(C(=O)CSc2ncnc3c2sc2nc4ccccc4cc23)C1. The number of aromatic nitrogens is 3. The molecule has 4 aromatic rings. The fourth-order valence-corrected chi connectivity index (χ4v) is 6.37. The number of amides is 1. The van der Waals surface area contributed by atoms with Crippen molar-refractivity contribution in [3.8, 4) is 0 Å². The first kappa shape index (κ1) is 18.8. The number of thioether (sulfide) groups is 1. The van der Waals surface area contributed by atoms with E-state index in [-0.39, 0.29) is 5.91 Å². The monoisotopic (exact) mass is 422 g/mol. The third-order valence-electron chi connectivity index (χ3n) is 5.47. The van der Waals surface area contributed by atoms with E-state index in [1.54, 1.807) is 17.7 Å². The van der Waals surface area contributed by atoms with Gasteiger partial charge in [0.25, 0.3) is 0 Å². The topological polar surface area (TPSA) is 59.0 Å². The highest BCUT2D eigenvalue weighted by Crippen LogP contribution is 2.37. The van der Waals surface area contributed by atoms with Crippen LogP contribution in [0, 0.1) is 11.8 Å². The van der Waals surface area contributed by atoms with Gasteiger partial charge in [0.05, 0.1) is 21.5 Å². The van der Waals surface area contributed by atoms with Crippen LogP contribution in [0.1, 0.15) is 20.3 Å².